The minimum absolute atomic E-state index is 0.319. The van der Waals surface area contributed by atoms with E-state index in [4.69, 9.17) is 21.4 Å². The molecule has 0 radical (unpaired) electrons. The number of piperidine rings is 1. The highest BCUT2D eigenvalue weighted by atomic mass is 15.1. The smallest absolute Gasteiger partial charge is 0.165 e. The van der Waals surface area contributed by atoms with E-state index in [0.717, 1.165) is 54.8 Å². The molecule has 8 nitrogen and oxygen atoms in total. The number of likely N-dealkylation sites (tertiary alicyclic amines) is 1. The predicted octanol–water partition coefficient (Wildman–Crippen LogP) is 4.53. The molecule has 8 heteroatoms. The number of nitrogens with two attached hydrogens (primary N) is 2. The maximum atomic E-state index is 9.64. The lowest BCUT2D eigenvalue weighted by atomic mass is 10.0. The van der Waals surface area contributed by atoms with Gasteiger partial charge in [-0.1, -0.05) is 30.3 Å². The number of hydrogen-bond acceptors (Lipinski definition) is 7. The molecule has 3 aromatic heterocycles. The van der Waals surface area contributed by atoms with Crippen molar-refractivity contribution in [3.8, 4) is 34.4 Å². The van der Waals surface area contributed by atoms with Crippen LogP contribution < -0.4 is 11.5 Å². The van der Waals surface area contributed by atoms with Crippen LogP contribution in [0, 0.1) is 11.3 Å². The Hall–Kier alpha value is -4.58. The zero-order valence-electron chi connectivity index (χ0n) is 21.0. The second kappa shape index (κ2) is 10.1. The van der Waals surface area contributed by atoms with E-state index in [9.17, 15) is 5.26 Å². The topological polar surface area (TPSA) is 123 Å². The standard InChI is InChI=1S/C30H28N8/c31-18-21-4-1-2-5-24(21)26-11-12-27-30(35-26)38(29(36-27)25-6-3-15-34-28(25)33)23-9-7-20(8-10-23)19-37-16-13-22(32)14-17-37/h1-12,15,22H,13-14,16-17,19,32H2,(H2,33,34). The summed E-state index contributed by atoms with van der Waals surface area (Å²) in [5.74, 6) is 1.07. The quantitative estimate of drug-likeness (QED) is 0.363. The number of benzene rings is 2. The molecule has 1 fully saturated rings. The summed E-state index contributed by atoms with van der Waals surface area (Å²) in [7, 11) is 0. The summed E-state index contributed by atoms with van der Waals surface area (Å²) in [5, 5.41) is 9.64. The molecule has 0 amide bonds. The Balaban J connectivity index is 1.46. The highest BCUT2D eigenvalue weighted by molar-refractivity contribution is 5.85. The minimum Gasteiger partial charge on any atom is -0.383 e. The molecule has 4 heterocycles. The number of fused-ring (bicyclic) bond motifs is 1. The van der Waals surface area contributed by atoms with Crippen molar-refractivity contribution in [2.75, 3.05) is 18.8 Å². The number of aromatic nitrogens is 4. The fourth-order valence-corrected chi connectivity index (χ4v) is 5.06. The Bertz CT molecular complexity index is 1640. The molecule has 188 valence electrons. The average molecular weight is 501 g/mol. The van der Waals surface area contributed by atoms with Crippen LogP contribution in [-0.2, 0) is 6.54 Å². The van der Waals surface area contributed by atoms with Gasteiger partial charge in [-0.15, -0.1) is 0 Å². The van der Waals surface area contributed by atoms with Crippen molar-refractivity contribution < 1.29 is 0 Å². The third kappa shape index (κ3) is 4.50. The number of nitriles is 1. The Kier molecular flexibility index (Phi) is 6.30. The van der Waals surface area contributed by atoms with E-state index in [-0.39, 0.29) is 0 Å². The van der Waals surface area contributed by atoms with Crippen LogP contribution in [0.25, 0.3) is 39.5 Å². The third-order valence-electron chi connectivity index (χ3n) is 7.14. The molecule has 0 atom stereocenters. The van der Waals surface area contributed by atoms with Crippen molar-refractivity contribution in [3.05, 3.63) is 90.1 Å². The number of imidazole rings is 1. The Labute approximate surface area is 221 Å². The number of nitrogens with zero attached hydrogens (tertiary/aromatic N) is 6. The molecule has 0 saturated carbocycles. The van der Waals surface area contributed by atoms with E-state index in [1.807, 2.05) is 47.0 Å². The van der Waals surface area contributed by atoms with E-state index in [0.29, 0.717) is 34.6 Å². The van der Waals surface area contributed by atoms with Gasteiger partial charge in [0.05, 0.1) is 22.9 Å². The van der Waals surface area contributed by atoms with Crippen LogP contribution in [0.4, 0.5) is 5.82 Å². The summed E-state index contributed by atoms with van der Waals surface area (Å²) in [6.45, 7) is 2.94. The molecule has 5 aromatic rings. The maximum absolute atomic E-state index is 9.64. The summed E-state index contributed by atoms with van der Waals surface area (Å²) < 4.78 is 2.02. The van der Waals surface area contributed by atoms with Crippen LogP contribution in [0.15, 0.2) is 79.0 Å². The van der Waals surface area contributed by atoms with Gasteiger partial charge in [0.25, 0.3) is 0 Å². The van der Waals surface area contributed by atoms with Crippen LogP contribution in [0.5, 0.6) is 0 Å². The van der Waals surface area contributed by atoms with Gasteiger partial charge in [0.15, 0.2) is 11.5 Å². The van der Waals surface area contributed by atoms with E-state index < -0.39 is 0 Å². The van der Waals surface area contributed by atoms with Gasteiger partial charge in [-0.3, -0.25) is 9.47 Å². The molecule has 38 heavy (non-hydrogen) atoms. The summed E-state index contributed by atoms with van der Waals surface area (Å²) in [4.78, 5) is 16.7. The van der Waals surface area contributed by atoms with E-state index in [2.05, 4.69) is 40.2 Å². The normalized spacial score (nSPS) is 14.5. The fraction of sp³-hybridized carbons (Fsp3) is 0.200. The number of anilines is 1. The number of rotatable bonds is 5. The molecule has 0 aliphatic carbocycles. The summed E-state index contributed by atoms with van der Waals surface area (Å²) in [6.07, 6.45) is 3.75. The van der Waals surface area contributed by atoms with Crippen molar-refractivity contribution in [2.24, 2.45) is 5.73 Å². The second-order valence-electron chi connectivity index (χ2n) is 9.68. The van der Waals surface area contributed by atoms with Gasteiger partial charge in [-0.05, 0) is 74.0 Å². The lowest BCUT2D eigenvalue weighted by molar-refractivity contribution is 0.205. The van der Waals surface area contributed by atoms with E-state index >= 15 is 0 Å². The number of hydrogen-bond donors (Lipinski definition) is 2. The largest absolute Gasteiger partial charge is 0.383 e. The first-order valence-electron chi connectivity index (χ1n) is 12.8. The SMILES string of the molecule is N#Cc1ccccc1-c1ccc2nc(-c3cccnc3N)n(-c3ccc(CN4CCC(N)CC4)cc3)c2n1. The Morgan fingerprint density at radius 3 is 2.42 bits per heavy atom. The second-order valence-corrected chi connectivity index (χ2v) is 9.68. The van der Waals surface area contributed by atoms with E-state index in [1.165, 1.54) is 5.56 Å². The van der Waals surface area contributed by atoms with Gasteiger partial charge < -0.3 is 11.5 Å². The first-order chi connectivity index (χ1) is 18.6. The van der Waals surface area contributed by atoms with Gasteiger partial charge >= 0.3 is 0 Å². The maximum Gasteiger partial charge on any atom is 0.165 e. The monoisotopic (exact) mass is 500 g/mol. The Morgan fingerprint density at radius 2 is 1.66 bits per heavy atom. The molecule has 0 spiro atoms. The van der Waals surface area contributed by atoms with Gasteiger partial charge in [0.2, 0.25) is 0 Å². The summed E-state index contributed by atoms with van der Waals surface area (Å²) in [5.41, 5.74) is 18.7. The van der Waals surface area contributed by atoms with Gasteiger partial charge in [0, 0.05) is 30.0 Å². The third-order valence-corrected chi connectivity index (χ3v) is 7.14. The summed E-state index contributed by atoms with van der Waals surface area (Å²) in [6, 6.07) is 26.2. The molecule has 1 saturated heterocycles. The first kappa shape index (κ1) is 23.8. The molecule has 6 rings (SSSR count). The number of pyridine rings is 2. The fourth-order valence-electron chi connectivity index (χ4n) is 5.06. The van der Waals surface area contributed by atoms with Gasteiger partial charge in [0.1, 0.15) is 11.3 Å². The average Bonchev–Trinajstić information content (AvgIpc) is 3.33. The molecule has 0 bridgehead atoms. The lowest BCUT2D eigenvalue weighted by Gasteiger charge is -2.30. The van der Waals surface area contributed by atoms with Crippen LogP contribution in [0.3, 0.4) is 0 Å². The Morgan fingerprint density at radius 1 is 0.895 bits per heavy atom. The highest BCUT2D eigenvalue weighted by Crippen LogP contribution is 2.32. The van der Waals surface area contributed by atoms with Gasteiger partial charge in [-0.25, -0.2) is 15.0 Å². The van der Waals surface area contributed by atoms with Crippen molar-refractivity contribution in [1.82, 2.24) is 24.4 Å². The van der Waals surface area contributed by atoms with Crippen LogP contribution in [0.1, 0.15) is 24.0 Å². The minimum atomic E-state index is 0.319. The van der Waals surface area contributed by atoms with Crippen molar-refractivity contribution in [1.29, 1.82) is 5.26 Å². The zero-order valence-corrected chi connectivity index (χ0v) is 21.0. The molecule has 4 N–H and O–H groups in total. The molecule has 0 unspecified atom stereocenters. The zero-order chi connectivity index (χ0) is 26.1. The van der Waals surface area contributed by atoms with Crippen molar-refractivity contribution >= 4 is 17.0 Å². The first-order valence-corrected chi connectivity index (χ1v) is 12.8. The molecule has 2 aromatic carbocycles. The highest BCUT2D eigenvalue weighted by Gasteiger charge is 2.20. The van der Waals surface area contributed by atoms with Gasteiger partial charge in [-0.2, -0.15) is 5.26 Å². The molecule has 1 aliphatic rings. The number of nitrogen functional groups attached to an aromatic ring is 1. The van der Waals surface area contributed by atoms with Crippen molar-refractivity contribution in [3.63, 3.8) is 0 Å². The molecular weight excluding hydrogens is 472 g/mol. The predicted molar refractivity (Wildman–Crippen MR) is 149 cm³/mol. The lowest BCUT2D eigenvalue weighted by Crippen LogP contribution is -2.39. The molecular formula is C30H28N8. The van der Waals surface area contributed by atoms with Crippen LogP contribution >= 0.6 is 0 Å². The van der Waals surface area contributed by atoms with Crippen molar-refractivity contribution in [2.45, 2.75) is 25.4 Å². The van der Waals surface area contributed by atoms with E-state index in [1.54, 1.807) is 12.3 Å². The summed E-state index contributed by atoms with van der Waals surface area (Å²) >= 11 is 0. The molecule has 1 aliphatic heterocycles. The van der Waals surface area contributed by atoms with Crippen LogP contribution in [0.2, 0.25) is 0 Å². The van der Waals surface area contributed by atoms with Crippen LogP contribution in [-0.4, -0.2) is 43.6 Å².